The van der Waals surface area contributed by atoms with Gasteiger partial charge in [0.15, 0.2) is 0 Å². The summed E-state index contributed by atoms with van der Waals surface area (Å²) in [4.78, 5) is 4.03. The van der Waals surface area contributed by atoms with Crippen LogP contribution in [0.3, 0.4) is 0 Å². The summed E-state index contributed by atoms with van der Waals surface area (Å²) in [6, 6.07) is 4.25. The third-order valence-electron chi connectivity index (χ3n) is 2.73. The highest BCUT2D eigenvalue weighted by atomic mass is 35.5. The van der Waals surface area contributed by atoms with Crippen LogP contribution in [0.25, 0.3) is 0 Å². The predicted molar refractivity (Wildman–Crippen MR) is 60.8 cm³/mol. The van der Waals surface area contributed by atoms with E-state index >= 15 is 0 Å². The van der Waals surface area contributed by atoms with E-state index in [1.54, 1.807) is 0 Å². The summed E-state index contributed by atoms with van der Waals surface area (Å²) in [7, 11) is 0. The van der Waals surface area contributed by atoms with Gasteiger partial charge >= 0.3 is 0 Å². The number of hydrogen-bond acceptors (Lipinski definition) is 2. The fourth-order valence-corrected chi connectivity index (χ4v) is 1.94. The van der Waals surface area contributed by atoms with Crippen LogP contribution in [0.2, 0.25) is 0 Å². The van der Waals surface area contributed by atoms with E-state index in [1.165, 1.54) is 37.9 Å². The van der Waals surface area contributed by atoms with E-state index in [0.717, 1.165) is 5.92 Å². The average Bonchev–Trinajstić information content (AvgIpc) is 2.21. The Bertz CT molecular complexity index is 245. The van der Waals surface area contributed by atoms with Gasteiger partial charge in [-0.1, -0.05) is 0 Å². The van der Waals surface area contributed by atoms with Crippen LogP contribution in [0.15, 0.2) is 24.5 Å². The molecule has 0 spiro atoms. The maximum atomic E-state index is 4.03. The minimum absolute atomic E-state index is 0. The van der Waals surface area contributed by atoms with Crippen LogP contribution < -0.4 is 5.32 Å². The molecule has 1 aromatic heterocycles. The summed E-state index contributed by atoms with van der Waals surface area (Å²) in [5.41, 5.74) is 1.43. The number of nitrogens with one attached hydrogen (secondary N) is 1. The minimum Gasteiger partial charge on any atom is -0.317 e. The molecule has 0 amide bonds. The van der Waals surface area contributed by atoms with Crippen molar-refractivity contribution >= 4 is 12.4 Å². The summed E-state index contributed by atoms with van der Waals surface area (Å²) >= 11 is 0. The molecule has 0 unspecified atom stereocenters. The summed E-state index contributed by atoms with van der Waals surface area (Å²) in [6.07, 6.45) is 7.64. The minimum atomic E-state index is 0. The van der Waals surface area contributed by atoms with Crippen LogP contribution in [-0.2, 0) is 6.42 Å². The number of pyridine rings is 1. The first-order chi connectivity index (χ1) is 6.45. The van der Waals surface area contributed by atoms with Crippen molar-refractivity contribution in [2.75, 3.05) is 13.1 Å². The Labute approximate surface area is 91.5 Å². The quantitative estimate of drug-likeness (QED) is 0.812. The molecule has 1 aliphatic rings. The highest BCUT2D eigenvalue weighted by Gasteiger charge is 2.12. The van der Waals surface area contributed by atoms with Gasteiger partial charge in [-0.05, 0) is 56.0 Å². The van der Waals surface area contributed by atoms with Crippen LogP contribution >= 0.6 is 12.4 Å². The molecule has 1 aliphatic heterocycles. The fraction of sp³-hybridized carbons (Fsp3) is 0.545. The molecule has 3 heteroatoms. The van der Waals surface area contributed by atoms with Crippen LogP contribution in [-0.4, -0.2) is 18.1 Å². The molecule has 0 atom stereocenters. The number of halogens is 1. The molecule has 0 radical (unpaired) electrons. The summed E-state index contributed by atoms with van der Waals surface area (Å²) < 4.78 is 0. The molecule has 2 heterocycles. The van der Waals surface area contributed by atoms with E-state index in [0.29, 0.717) is 0 Å². The lowest BCUT2D eigenvalue weighted by Crippen LogP contribution is -2.28. The first-order valence-corrected chi connectivity index (χ1v) is 5.05. The maximum absolute atomic E-state index is 4.03. The lowest BCUT2D eigenvalue weighted by Gasteiger charge is -2.22. The zero-order valence-corrected chi connectivity index (χ0v) is 9.09. The van der Waals surface area contributed by atoms with Gasteiger partial charge in [-0.2, -0.15) is 0 Å². The molecule has 2 rings (SSSR count). The second-order valence-electron chi connectivity index (χ2n) is 3.75. The zero-order chi connectivity index (χ0) is 8.93. The Balaban J connectivity index is 0.000000980. The highest BCUT2D eigenvalue weighted by Crippen LogP contribution is 2.16. The van der Waals surface area contributed by atoms with Crippen molar-refractivity contribution in [2.45, 2.75) is 19.3 Å². The Morgan fingerprint density at radius 3 is 2.50 bits per heavy atom. The third-order valence-corrected chi connectivity index (χ3v) is 2.73. The van der Waals surface area contributed by atoms with Crippen LogP contribution in [0.4, 0.5) is 0 Å². The first kappa shape index (κ1) is 11.5. The van der Waals surface area contributed by atoms with E-state index in [4.69, 9.17) is 0 Å². The van der Waals surface area contributed by atoms with Crippen molar-refractivity contribution in [3.05, 3.63) is 30.1 Å². The van der Waals surface area contributed by atoms with Gasteiger partial charge in [0.05, 0.1) is 0 Å². The monoisotopic (exact) mass is 212 g/mol. The molecule has 78 valence electrons. The van der Waals surface area contributed by atoms with Gasteiger partial charge in [0.1, 0.15) is 0 Å². The van der Waals surface area contributed by atoms with E-state index in [9.17, 15) is 0 Å². The van der Waals surface area contributed by atoms with E-state index in [2.05, 4.69) is 22.4 Å². The summed E-state index contributed by atoms with van der Waals surface area (Å²) in [6.45, 7) is 2.38. The number of hydrogen-bond donors (Lipinski definition) is 1. The lowest BCUT2D eigenvalue weighted by atomic mass is 9.91. The normalized spacial score (nSPS) is 17.4. The van der Waals surface area contributed by atoms with Crippen molar-refractivity contribution in [3.63, 3.8) is 0 Å². The number of aromatic nitrogens is 1. The molecule has 0 bridgehead atoms. The lowest BCUT2D eigenvalue weighted by molar-refractivity contribution is 0.372. The Kier molecular flexibility index (Phi) is 4.91. The molecule has 0 aromatic carbocycles. The highest BCUT2D eigenvalue weighted by molar-refractivity contribution is 5.85. The topological polar surface area (TPSA) is 24.9 Å². The van der Waals surface area contributed by atoms with Crippen molar-refractivity contribution in [1.82, 2.24) is 10.3 Å². The molecule has 1 fully saturated rings. The van der Waals surface area contributed by atoms with Crippen molar-refractivity contribution in [2.24, 2.45) is 5.92 Å². The van der Waals surface area contributed by atoms with Crippen LogP contribution in [0.5, 0.6) is 0 Å². The van der Waals surface area contributed by atoms with Crippen LogP contribution in [0, 0.1) is 5.92 Å². The van der Waals surface area contributed by atoms with Gasteiger partial charge < -0.3 is 5.32 Å². The molecule has 2 nitrogen and oxygen atoms in total. The van der Waals surface area contributed by atoms with Crippen molar-refractivity contribution in [1.29, 1.82) is 0 Å². The largest absolute Gasteiger partial charge is 0.317 e. The smallest absolute Gasteiger partial charge is 0.0270 e. The molecule has 14 heavy (non-hydrogen) atoms. The van der Waals surface area contributed by atoms with Gasteiger partial charge in [0.2, 0.25) is 0 Å². The third kappa shape index (κ3) is 3.28. The standard InChI is InChI=1S/C11H16N2.ClH/c1-5-12-6-2-10(1)9-11-3-7-13-8-4-11;/h1-2,5-6,11,13H,3-4,7-9H2;1H. The Morgan fingerprint density at radius 2 is 1.86 bits per heavy atom. The Hall–Kier alpha value is -0.600. The SMILES string of the molecule is Cl.c1cc(CC2CCNCC2)ccn1. The molecular formula is C11H17ClN2. The average molecular weight is 213 g/mol. The summed E-state index contributed by atoms with van der Waals surface area (Å²) in [5.74, 6) is 0.878. The van der Waals surface area contributed by atoms with Gasteiger partial charge in [-0.15, -0.1) is 12.4 Å². The second kappa shape index (κ2) is 5.99. The molecule has 1 N–H and O–H groups in total. The van der Waals surface area contributed by atoms with Gasteiger partial charge in [-0.25, -0.2) is 0 Å². The molecule has 0 saturated carbocycles. The molecule has 1 saturated heterocycles. The number of nitrogens with zero attached hydrogens (tertiary/aromatic N) is 1. The number of piperidine rings is 1. The maximum Gasteiger partial charge on any atom is 0.0270 e. The molecular weight excluding hydrogens is 196 g/mol. The Morgan fingerprint density at radius 1 is 1.21 bits per heavy atom. The fourth-order valence-electron chi connectivity index (χ4n) is 1.94. The van der Waals surface area contributed by atoms with Gasteiger partial charge in [-0.3, -0.25) is 4.98 Å². The molecule has 1 aromatic rings. The van der Waals surface area contributed by atoms with Gasteiger partial charge in [0.25, 0.3) is 0 Å². The first-order valence-electron chi connectivity index (χ1n) is 5.05. The molecule has 0 aliphatic carbocycles. The number of rotatable bonds is 2. The van der Waals surface area contributed by atoms with E-state index < -0.39 is 0 Å². The predicted octanol–water partition coefficient (Wildman–Crippen LogP) is 2.05. The van der Waals surface area contributed by atoms with E-state index in [-0.39, 0.29) is 12.4 Å². The van der Waals surface area contributed by atoms with Crippen LogP contribution in [0.1, 0.15) is 18.4 Å². The second-order valence-corrected chi connectivity index (χ2v) is 3.75. The van der Waals surface area contributed by atoms with Crippen molar-refractivity contribution in [3.8, 4) is 0 Å². The summed E-state index contributed by atoms with van der Waals surface area (Å²) in [5, 5.41) is 3.39. The van der Waals surface area contributed by atoms with E-state index in [1.807, 2.05) is 12.4 Å². The van der Waals surface area contributed by atoms with Crippen molar-refractivity contribution < 1.29 is 0 Å². The zero-order valence-electron chi connectivity index (χ0n) is 8.28. The van der Waals surface area contributed by atoms with Gasteiger partial charge in [0, 0.05) is 12.4 Å².